The highest BCUT2D eigenvalue weighted by Gasteiger charge is 1.93. The van der Waals surface area contributed by atoms with Gasteiger partial charge in [0.05, 0.1) is 6.07 Å². The molecule has 2 heteroatoms. The van der Waals surface area contributed by atoms with Gasteiger partial charge in [0.25, 0.3) is 0 Å². The molecule has 0 N–H and O–H groups in total. The van der Waals surface area contributed by atoms with E-state index in [0.717, 1.165) is 11.8 Å². The van der Waals surface area contributed by atoms with Gasteiger partial charge >= 0.3 is 0 Å². The van der Waals surface area contributed by atoms with Crippen LogP contribution < -0.4 is 0 Å². The number of nitriles is 1. The molecule has 0 aliphatic rings. The predicted molar refractivity (Wildman–Crippen MR) is 46.5 cm³/mol. The van der Waals surface area contributed by atoms with Crippen LogP contribution in [0.25, 0.3) is 6.08 Å². The fraction of sp³-hybridized carbons (Fsp3) is 0. The zero-order valence-electron chi connectivity index (χ0n) is 6.40. The number of carbonyl (C=O) groups is 1. The maximum Gasteiger partial charge on any atom is 0.150 e. The molecule has 0 bridgehead atoms. The van der Waals surface area contributed by atoms with E-state index in [1.54, 1.807) is 24.3 Å². The van der Waals surface area contributed by atoms with Crippen molar-refractivity contribution in [3.05, 3.63) is 41.5 Å². The van der Waals surface area contributed by atoms with E-state index in [4.69, 9.17) is 5.26 Å². The Morgan fingerprint density at radius 1 is 1.25 bits per heavy atom. The number of hydrogen-bond acceptors (Lipinski definition) is 2. The molecule has 0 aliphatic carbocycles. The second kappa shape index (κ2) is 4.09. The number of aldehydes is 1. The SMILES string of the molecule is N#CC=Cc1ccccc1C=O. The van der Waals surface area contributed by atoms with E-state index < -0.39 is 0 Å². The lowest BCUT2D eigenvalue weighted by Crippen LogP contribution is -1.83. The molecule has 0 aromatic heterocycles. The lowest BCUT2D eigenvalue weighted by Gasteiger charge is -1.94. The Morgan fingerprint density at radius 3 is 2.50 bits per heavy atom. The van der Waals surface area contributed by atoms with Crippen molar-refractivity contribution >= 4 is 12.4 Å². The van der Waals surface area contributed by atoms with Crippen molar-refractivity contribution in [3.63, 3.8) is 0 Å². The predicted octanol–water partition coefficient (Wildman–Crippen LogP) is 2.04. The van der Waals surface area contributed by atoms with E-state index in [-0.39, 0.29) is 0 Å². The van der Waals surface area contributed by atoms with Gasteiger partial charge in [0.1, 0.15) is 0 Å². The molecule has 12 heavy (non-hydrogen) atoms. The van der Waals surface area contributed by atoms with Crippen LogP contribution >= 0.6 is 0 Å². The molecule has 1 aromatic carbocycles. The minimum absolute atomic E-state index is 0.601. The summed E-state index contributed by atoms with van der Waals surface area (Å²) in [6, 6.07) is 8.98. The van der Waals surface area contributed by atoms with E-state index in [2.05, 4.69) is 0 Å². The van der Waals surface area contributed by atoms with E-state index in [1.807, 2.05) is 12.1 Å². The fourth-order valence-corrected chi connectivity index (χ4v) is 0.897. The zero-order chi connectivity index (χ0) is 8.81. The quantitative estimate of drug-likeness (QED) is 0.487. The molecule has 58 valence electrons. The van der Waals surface area contributed by atoms with Gasteiger partial charge in [-0.05, 0) is 11.6 Å². The molecule has 0 amide bonds. The molecule has 2 nitrogen and oxygen atoms in total. The normalized spacial score (nSPS) is 9.58. The molecule has 0 heterocycles. The monoisotopic (exact) mass is 157 g/mol. The third-order valence-corrected chi connectivity index (χ3v) is 1.46. The van der Waals surface area contributed by atoms with Gasteiger partial charge in [0.2, 0.25) is 0 Å². The Hall–Kier alpha value is -1.88. The average Bonchev–Trinajstić information content (AvgIpc) is 2.15. The molecule has 0 aliphatic heterocycles. The number of hydrogen-bond donors (Lipinski definition) is 0. The molecule has 0 fully saturated rings. The van der Waals surface area contributed by atoms with Crippen molar-refractivity contribution in [1.29, 1.82) is 5.26 Å². The average molecular weight is 157 g/mol. The third kappa shape index (κ3) is 1.80. The van der Waals surface area contributed by atoms with Gasteiger partial charge < -0.3 is 0 Å². The minimum Gasteiger partial charge on any atom is -0.298 e. The summed E-state index contributed by atoms with van der Waals surface area (Å²) < 4.78 is 0. The number of rotatable bonds is 2. The largest absolute Gasteiger partial charge is 0.298 e. The van der Waals surface area contributed by atoms with E-state index in [1.165, 1.54) is 6.08 Å². The van der Waals surface area contributed by atoms with Crippen molar-refractivity contribution in [2.75, 3.05) is 0 Å². The summed E-state index contributed by atoms with van der Waals surface area (Å²) in [5.74, 6) is 0. The lowest BCUT2D eigenvalue weighted by atomic mass is 10.1. The first-order valence-corrected chi connectivity index (χ1v) is 3.49. The van der Waals surface area contributed by atoms with Gasteiger partial charge in [-0.1, -0.05) is 24.3 Å². The van der Waals surface area contributed by atoms with Crippen LogP contribution in [0.5, 0.6) is 0 Å². The van der Waals surface area contributed by atoms with E-state index in [9.17, 15) is 4.79 Å². The fourth-order valence-electron chi connectivity index (χ4n) is 0.897. The van der Waals surface area contributed by atoms with Crippen molar-refractivity contribution < 1.29 is 4.79 Å². The van der Waals surface area contributed by atoms with Crippen LogP contribution in [0.2, 0.25) is 0 Å². The van der Waals surface area contributed by atoms with Crippen LogP contribution in [0, 0.1) is 11.3 Å². The molecule has 0 atom stereocenters. The zero-order valence-corrected chi connectivity index (χ0v) is 6.40. The Kier molecular flexibility index (Phi) is 2.80. The van der Waals surface area contributed by atoms with Crippen LogP contribution in [0.4, 0.5) is 0 Å². The molecule has 0 saturated carbocycles. The molecule has 0 radical (unpaired) electrons. The molecule has 0 spiro atoms. The maximum atomic E-state index is 10.5. The van der Waals surface area contributed by atoms with Crippen LogP contribution in [0.3, 0.4) is 0 Å². The van der Waals surface area contributed by atoms with Gasteiger partial charge in [-0.3, -0.25) is 4.79 Å². The van der Waals surface area contributed by atoms with Gasteiger partial charge in [0.15, 0.2) is 6.29 Å². The van der Waals surface area contributed by atoms with E-state index >= 15 is 0 Å². The first-order valence-electron chi connectivity index (χ1n) is 3.49. The van der Waals surface area contributed by atoms with Gasteiger partial charge in [0, 0.05) is 11.6 Å². The maximum absolute atomic E-state index is 10.5. The Labute approximate surface area is 70.8 Å². The summed E-state index contributed by atoms with van der Waals surface area (Å²) in [7, 11) is 0. The van der Waals surface area contributed by atoms with Crippen molar-refractivity contribution in [2.24, 2.45) is 0 Å². The number of carbonyl (C=O) groups excluding carboxylic acids is 1. The molecular formula is C10H7NO. The summed E-state index contributed by atoms with van der Waals surface area (Å²) in [5.41, 5.74) is 1.37. The summed E-state index contributed by atoms with van der Waals surface area (Å²) in [6.45, 7) is 0. The summed E-state index contributed by atoms with van der Waals surface area (Å²) >= 11 is 0. The Balaban J connectivity index is 3.07. The van der Waals surface area contributed by atoms with Gasteiger partial charge in [-0.15, -0.1) is 0 Å². The number of benzene rings is 1. The van der Waals surface area contributed by atoms with Crippen molar-refractivity contribution in [2.45, 2.75) is 0 Å². The minimum atomic E-state index is 0.601. The Morgan fingerprint density at radius 2 is 1.92 bits per heavy atom. The number of nitrogens with zero attached hydrogens (tertiary/aromatic N) is 1. The summed E-state index contributed by atoms with van der Waals surface area (Å²) in [5, 5.41) is 8.27. The standard InChI is InChI=1S/C10H7NO/c11-7-3-6-9-4-1-2-5-10(9)8-12/h1-6,8H. The molecule has 1 aromatic rings. The van der Waals surface area contributed by atoms with Crippen molar-refractivity contribution in [1.82, 2.24) is 0 Å². The van der Waals surface area contributed by atoms with Gasteiger partial charge in [-0.25, -0.2) is 0 Å². The first-order chi connectivity index (χ1) is 5.88. The summed E-state index contributed by atoms with van der Waals surface area (Å²) in [4.78, 5) is 10.5. The molecule has 0 saturated heterocycles. The second-order valence-electron chi connectivity index (χ2n) is 2.21. The Bertz CT molecular complexity index is 347. The molecular weight excluding hydrogens is 150 g/mol. The first kappa shape index (κ1) is 8.22. The highest BCUT2D eigenvalue weighted by atomic mass is 16.1. The number of allylic oxidation sites excluding steroid dienone is 1. The van der Waals surface area contributed by atoms with Crippen LogP contribution in [-0.4, -0.2) is 6.29 Å². The highest BCUT2D eigenvalue weighted by Crippen LogP contribution is 2.07. The van der Waals surface area contributed by atoms with Crippen LogP contribution in [0.1, 0.15) is 15.9 Å². The van der Waals surface area contributed by atoms with E-state index in [0.29, 0.717) is 5.56 Å². The second-order valence-corrected chi connectivity index (χ2v) is 2.21. The van der Waals surface area contributed by atoms with Crippen molar-refractivity contribution in [3.8, 4) is 6.07 Å². The molecule has 1 rings (SSSR count). The highest BCUT2D eigenvalue weighted by molar-refractivity contribution is 5.81. The van der Waals surface area contributed by atoms with Crippen LogP contribution in [-0.2, 0) is 0 Å². The smallest absolute Gasteiger partial charge is 0.150 e. The van der Waals surface area contributed by atoms with Crippen LogP contribution in [0.15, 0.2) is 30.3 Å². The van der Waals surface area contributed by atoms with Gasteiger partial charge in [-0.2, -0.15) is 5.26 Å². The lowest BCUT2D eigenvalue weighted by molar-refractivity contribution is 0.112. The third-order valence-electron chi connectivity index (χ3n) is 1.46. The summed E-state index contributed by atoms with van der Waals surface area (Å²) in [6.07, 6.45) is 3.74. The molecule has 0 unspecified atom stereocenters. The topological polar surface area (TPSA) is 40.9 Å².